The molecule has 1 heterocycles. The first kappa shape index (κ1) is 19.9. The summed E-state index contributed by atoms with van der Waals surface area (Å²) in [5, 5.41) is 2.73. The lowest BCUT2D eigenvalue weighted by molar-refractivity contribution is -0.138. The van der Waals surface area contributed by atoms with E-state index in [1.165, 1.54) is 42.5 Å². The Morgan fingerprint density at radius 1 is 1.04 bits per heavy atom. The van der Waals surface area contributed by atoms with Crippen molar-refractivity contribution in [1.82, 2.24) is 9.78 Å². The highest BCUT2D eigenvalue weighted by Crippen LogP contribution is 2.30. The summed E-state index contributed by atoms with van der Waals surface area (Å²) in [7, 11) is -4.31. The van der Waals surface area contributed by atoms with Gasteiger partial charge in [-0.1, -0.05) is 40.6 Å². The minimum atomic E-state index is -4.76. The SMILES string of the molecule is O=S(=O)(/N=c1\sc(C(F)(F)F)nn1-c1ccc(Cl)cc1)c1cccc(Cl)c1. The molecule has 3 aromatic rings. The Hall–Kier alpha value is -1.88. The lowest BCUT2D eigenvalue weighted by Gasteiger charge is -2.02. The van der Waals surface area contributed by atoms with Crippen LogP contribution in [-0.2, 0) is 16.2 Å². The fourth-order valence-electron chi connectivity index (χ4n) is 1.99. The zero-order valence-corrected chi connectivity index (χ0v) is 16.1. The molecule has 0 bridgehead atoms. The molecule has 0 fully saturated rings. The van der Waals surface area contributed by atoms with Crippen molar-refractivity contribution < 1.29 is 21.6 Å². The summed E-state index contributed by atoms with van der Waals surface area (Å²) < 4.78 is 68.5. The molecule has 0 aliphatic carbocycles. The van der Waals surface area contributed by atoms with Crippen LogP contribution in [0.3, 0.4) is 0 Å². The maximum atomic E-state index is 13.1. The normalized spacial score (nSPS) is 13.1. The van der Waals surface area contributed by atoms with Crippen LogP contribution in [0.25, 0.3) is 5.69 Å². The van der Waals surface area contributed by atoms with Crippen LogP contribution >= 0.6 is 34.5 Å². The van der Waals surface area contributed by atoms with Crippen molar-refractivity contribution >= 4 is 44.6 Å². The standard InChI is InChI=1S/C15H8Cl2F3N3O2S2/c16-9-4-6-11(7-5-9)23-14(26-13(21-23)15(18,19)20)22-27(24,25)12-3-1-2-10(17)8-12/h1-8H/b22-14-. The molecule has 5 nitrogen and oxygen atoms in total. The molecule has 0 radical (unpaired) electrons. The lowest BCUT2D eigenvalue weighted by Crippen LogP contribution is -2.17. The highest BCUT2D eigenvalue weighted by Gasteiger charge is 2.36. The molecule has 0 spiro atoms. The summed E-state index contributed by atoms with van der Waals surface area (Å²) in [5.74, 6) is 0. The van der Waals surface area contributed by atoms with Gasteiger partial charge in [-0.2, -0.15) is 21.6 Å². The van der Waals surface area contributed by atoms with E-state index < -0.39 is 26.0 Å². The number of aromatic nitrogens is 2. The third kappa shape index (κ3) is 4.52. The Morgan fingerprint density at radius 3 is 2.30 bits per heavy atom. The predicted octanol–water partition coefficient (Wildman–Crippen LogP) is 4.55. The fourth-order valence-corrected chi connectivity index (χ4v) is 4.37. The Balaban J connectivity index is 2.23. The van der Waals surface area contributed by atoms with Gasteiger partial charge in [-0.05, 0) is 42.5 Å². The molecular weight excluding hydrogens is 446 g/mol. The number of hydrogen-bond acceptors (Lipinski definition) is 4. The van der Waals surface area contributed by atoms with Gasteiger partial charge in [0.25, 0.3) is 10.0 Å². The first-order valence-corrected chi connectivity index (χ1v) is 10.1. The molecule has 0 aliphatic heterocycles. The maximum absolute atomic E-state index is 13.1. The molecule has 0 saturated carbocycles. The Morgan fingerprint density at radius 2 is 1.70 bits per heavy atom. The molecule has 3 rings (SSSR count). The van der Waals surface area contributed by atoms with E-state index in [1.54, 1.807) is 0 Å². The second kappa shape index (κ2) is 7.27. The third-order valence-corrected chi connectivity index (χ3v) is 5.98. The number of rotatable bonds is 3. The van der Waals surface area contributed by atoms with E-state index in [0.717, 1.165) is 10.7 Å². The van der Waals surface area contributed by atoms with Crippen molar-refractivity contribution in [2.45, 2.75) is 11.1 Å². The molecule has 0 saturated heterocycles. The second-order valence-electron chi connectivity index (χ2n) is 5.10. The van der Waals surface area contributed by atoms with E-state index in [0.29, 0.717) is 5.02 Å². The summed E-state index contributed by atoms with van der Waals surface area (Å²) >= 11 is 11.7. The van der Waals surface area contributed by atoms with E-state index in [4.69, 9.17) is 23.2 Å². The molecular formula is C15H8Cl2F3N3O2S2. The number of hydrogen-bond donors (Lipinski definition) is 0. The molecule has 1 aromatic heterocycles. The highest BCUT2D eigenvalue weighted by atomic mass is 35.5. The van der Waals surface area contributed by atoms with Crippen molar-refractivity contribution in [2.24, 2.45) is 4.40 Å². The highest BCUT2D eigenvalue weighted by molar-refractivity contribution is 7.90. The molecule has 0 unspecified atom stereocenters. The average Bonchev–Trinajstić information content (AvgIpc) is 2.99. The molecule has 2 aromatic carbocycles. The summed E-state index contributed by atoms with van der Waals surface area (Å²) in [6.45, 7) is 0. The minimum Gasteiger partial charge on any atom is -0.204 e. The molecule has 0 amide bonds. The van der Waals surface area contributed by atoms with Crippen LogP contribution in [0.5, 0.6) is 0 Å². The number of alkyl halides is 3. The van der Waals surface area contributed by atoms with Crippen molar-refractivity contribution in [3.8, 4) is 5.69 Å². The molecule has 0 aliphatic rings. The van der Waals surface area contributed by atoms with Gasteiger partial charge in [0.05, 0.1) is 10.6 Å². The minimum absolute atomic E-state index is 0.106. The number of benzene rings is 2. The zero-order valence-electron chi connectivity index (χ0n) is 13.0. The fraction of sp³-hybridized carbons (Fsp3) is 0.0667. The van der Waals surface area contributed by atoms with Crippen molar-refractivity contribution in [3.05, 3.63) is 68.4 Å². The van der Waals surface area contributed by atoms with Crippen molar-refractivity contribution in [2.75, 3.05) is 0 Å². The van der Waals surface area contributed by atoms with E-state index in [2.05, 4.69) is 9.50 Å². The van der Waals surface area contributed by atoms with Crippen LogP contribution in [0.1, 0.15) is 5.01 Å². The van der Waals surface area contributed by atoms with Crippen molar-refractivity contribution in [3.63, 3.8) is 0 Å². The molecule has 0 N–H and O–H groups in total. The monoisotopic (exact) mass is 453 g/mol. The summed E-state index contributed by atoms with van der Waals surface area (Å²) in [5.41, 5.74) is 0.172. The second-order valence-corrected chi connectivity index (χ2v) is 8.53. The molecule has 27 heavy (non-hydrogen) atoms. The van der Waals surface area contributed by atoms with E-state index in [9.17, 15) is 21.6 Å². The largest absolute Gasteiger partial charge is 0.445 e. The molecule has 0 atom stereocenters. The Kier molecular flexibility index (Phi) is 5.35. The van der Waals surface area contributed by atoms with Gasteiger partial charge in [0.1, 0.15) is 0 Å². The van der Waals surface area contributed by atoms with Crippen LogP contribution in [0.2, 0.25) is 10.0 Å². The van der Waals surface area contributed by atoms with Crippen LogP contribution in [0.4, 0.5) is 13.2 Å². The zero-order chi connectivity index (χ0) is 19.8. The summed E-state index contributed by atoms with van der Waals surface area (Å²) in [6.07, 6.45) is -4.76. The first-order valence-electron chi connectivity index (χ1n) is 7.06. The van der Waals surface area contributed by atoms with Gasteiger partial charge in [-0.25, -0.2) is 4.68 Å². The Labute approximate surface area is 165 Å². The third-order valence-electron chi connectivity index (χ3n) is 3.17. The Bertz CT molecular complexity index is 1150. The van der Waals surface area contributed by atoms with E-state index >= 15 is 0 Å². The number of nitrogens with zero attached hydrogens (tertiary/aromatic N) is 3. The number of halogens is 5. The predicted molar refractivity (Wildman–Crippen MR) is 95.7 cm³/mol. The maximum Gasteiger partial charge on any atom is 0.445 e. The van der Waals surface area contributed by atoms with Crippen LogP contribution < -0.4 is 4.80 Å². The first-order chi connectivity index (χ1) is 12.6. The summed E-state index contributed by atoms with van der Waals surface area (Å²) in [4.78, 5) is -0.718. The van der Waals surface area contributed by atoms with Crippen LogP contribution in [-0.4, -0.2) is 18.2 Å². The quantitative estimate of drug-likeness (QED) is 0.584. The smallest absolute Gasteiger partial charge is 0.204 e. The average molecular weight is 454 g/mol. The summed E-state index contributed by atoms with van der Waals surface area (Å²) in [6, 6.07) is 10.9. The topological polar surface area (TPSA) is 64.3 Å². The van der Waals surface area contributed by atoms with Gasteiger partial charge < -0.3 is 0 Å². The molecule has 142 valence electrons. The van der Waals surface area contributed by atoms with Crippen LogP contribution in [0, 0.1) is 0 Å². The lowest BCUT2D eigenvalue weighted by atomic mass is 10.3. The molecule has 12 heteroatoms. The number of sulfonamides is 1. The van der Waals surface area contributed by atoms with Gasteiger partial charge >= 0.3 is 6.18 Å². The van der Waals surface area contributed by atoms with Gasteiger partial charge in [0, 0.05) is 10.0 Å². The van der Waals surface area contributed by atoms with Gasteiger partial charge in [-0.3, -0.25) is 0 Å². The van der Waals surface area contributed by atoms with Gasteiger partial charge in [0.15, 0.2) is 0 Å². The van der Waals surface area contributed by atoms with E-state index in [1.807, 2.05) is 0 Å². The van der Waals surface area contributed by atoms with Crippen molar-refractivity contribution in [1.29, 1.82) is 0 Å². The van der Waals surface area contributed by atoms with Crippen LogP contribution in [0.15, 0.2) is 57.8 Å². The van der Waals surface area contributed by atoms with E-state index in [-0.39, 0.29) is 26.9 Å². The van der Waals surface area contributed by atoms with Gasteiger partial charge in [-0.15, -0.1) is 9.50 Å². The van der Waals surface area contributed by atoms with Gasteiger partial charge in [0.2, 0.25) is 9.81 Å².